The summed E-state index contributed by atoms with van der Waals surface area (Å²) in [6.45, 7) is 1.88. The maximum atomic E-state index is 13.3. The third-order valence-electron chi connectivity index (χ3n) is 5.14. The van der Waals surface area contributed by atoms with Gasteiger partial charge in [-0.1, -0.05) is 40.6 Å². The molecule has 2 heterocycles. The van der Waals surface area contributed by atoms with Crippen LogP contribution in [0.5, 0.6) is 0 Å². The van der Waals surface area contributed by atoms with Gasteiger partial charge in [-0.15, -0.1) is 0 Å². The third kappa shape index (κ3) is 4.20. The summed E-state index contributed by atoms with van der Waals surface area (Å²) in [6, 6.07) is 10.8. The SMILES string of the molecule is CO/N=C1\C[C@@H](c2nc(C)no2)N(C(=O)c2ccc(-c3ccccc3C(F)(F)F)cc2)C1. The molecular formula is C22H19F3N4O3. The van der Waals surface area contributed by atoms with Crippen molar-refractivity contribution in [1.29, 1.82) is 0 Å². The van der Waals surface area contributed by atoms with Crippen molar-refractivity contribution in [2.75, 3.05) is 13.7 Å². The monoisotopic (exact) mass is 444 g/mol. The van der Waals surface area contributed by atoms with Crippen molar-refractivity contribution in [3.63, 3.8) is 0 Å². The van der Waals surface area contributed by atoms with Crippen molar-refractivity contribution < 1.29 is 27.3 Å². The van der Waals surface area contributed by atoms with E-state index in [4.69, 9.17) is 9.36 Å². The number of carbonyl (C=O) groups is 1. The van der Waals surface area contributed by atoms with E-state index in [2.05, 4.69) is 15.3 Å². The summed E-state index contributed by atoms with van der Waals surface area (Å²) in [5, 5.41) is 7.73. The average Bonchev–Trinajstić information content (AvgIpc) is 3.39. The quantitative estimate of drug-likeness (QED) is 0.547. The highest BCUT2D eigenvalue weighted by atomic mass is 19.4. The minimum absolute atomic E-state index is 0.0499. The number of aryl methyl sites for hydroxylation is 1. The smallest absolute Gasteiger partial charge is 0.399 e. The zero-order chi connectivity index (χ0) is 22.9. The van der Waals surface area contributed by atoms with Crippen molar-refractivity contribution >= 4 is 11.6 Å². The number of rotatable bonds is 4. The van der Waals surface area contributed by atoms with Crippen LogP contribution < -0.4 is 0 Å². The van der Waals surface area contributed by atoms with E-state index in [9.17, 15) is 18.0 Å². The Hall–Kier alpha value is -3.69. The Bertz CT molecular complexity index is 1160. The van der Waals surface area contributed by atoms with Crippen LogP contribution in [-0.4, -0.2) is 40.3 Å². The second kappa shape index (κ2) is 8.45. The number of hydrogen-bond donors (Lipinski definition) is 0. The summed E-state index contributed by atoms with van der Waals surface area (Å²) in [5.74, 6) is 0.396. The van der Waals surface area contributed by atoms with Gasteiger partial charge in [-0.05, 0) is 36.2 Å². The van der Waals surface area contributed by atoms with Gasteiger partial charge in [0, 0.05) is 12.0 Å². The molecule has 1 aliphatic heterocycles. The fraction of sp³-hybridized carbons (Fsp3) is 0.273. The van der Waals surface area contributed by atoms with E-state index in [1.807, 2.05) is 0 Å². The first kappa shape index (κ1) is 21.5. The van der Waals surface area contributed by atoms with E-state index in [-0.39, 0.29) is 23.9 Å². The van der Waals surface area contributed by atoms with Crippen molar-refractivity contribution in [2.45, 2.75) is 25.6 Å². The summed E-state index contributed by atoms with van der Waals surface area (Å²) >= 11 is 0. The minimum atomic E-state index is -4.48. The number of alkyl halides is 3. The number of oxime groups is 1. The van der Waals surface area contributed by atoms with Crippen LogP contribution in [0.4, 0.5) is 13.2 Å². The summed E-state index contributed by atoms with van der Waals surface area (Å²) in [7, 11) is 1.42. The van der Waals surface area contributed by atoms with Gasteiger partial charge in [-0.2, -0.15) is 18.2 Å². The fourth-order valence-electron chi connectivity index (χ4n) is 3.72. The van der Waals surface area contributed by atoms with Gasteiger partial charge in [0.25, 0.3) is 5.91 Å². The van der Waals surface area contributed by atoms with Crippen LogP contribution in [0, 0.1) is 6.92 Å². The molecule has 0 aliphatic carbocycles. The minimum Gasteiger partial charge on any atom is -0.399 e. The molecule has 7 nitrogen and oxygen atoms in total. The van der Waals surface area contributed by atoms with Gasteiger partial charge in [0.2, 0.25) is 5.89 Å². The molecule has 1 aromatic heterocycles. The normalized spacial score (nSPS) is 17.7. The lowest BCUT2D eigenvalue weighted by Crippen LogP contribution is -2.31. The highest BCUT2D eigenvalue weighted by Gasteiger charge is 2.38. The molecule has 166 valence electrons. The number of likely N-dealkylation sites (tertiary alicyclic amines) is 1. The van der Waals surface area contributed by atoms with Crippen molar-refractivity contribution in [2.24, 2.45) is 5.16 Å². The average molecular weight is 444 g/mol. The zero-order valence-corrected chi connectivity index (χ0v) is 17.3. The number of hydrogen-bond acceptors (Lipinski definition) is 6. The Morgan fingerprint density at radius 3 is 2.53 bits per heavy atom. The molecule has 1 aliphatic rings. The molecule has 1 atom stereocenters. The number of carbonyl (C=O) groups excluding carboxylic acids is 1. The van der Waals surface area contributed by atoms with Crippen molar-refractivity contribution in [3.05, 3.63) is 71.4 Å². The summed E-state index contributed by atoms with van der Waals surface area (Å²) in [5.41, 5.74) is 0.636. The van der Waals surface area contributed by atoms with Crippen molar-refractivity contribution in [3.8, 4) is 11.1 Å². The van der Waals surface area contributed by atoms with Crippen LogP contribution in [-0.2, 0) is 11.0 Å². The predicted molar refractivity (Wildman–Crippen MR) is 109 cm³/mol. The molecule has 0 unspecified atom stereocenters. The maximum Gasteiger partial charge on any atom is 0.417 e. The number of aromatic nitrogens is 2. The molecule has 0 spiro atoms. The van der Waals surface area contributed by atoms with Crippen molar-refractivity contribution in [1.82, 2.24) is 15.0 Å². The van der Waals surface area contributed by atoms with Gasteiger partial charge < -0.3 is 14.3 Å². The van der Waals surface area contributed by atoms with Crippen LogP contribution in [0.2, 0.25) is 0 Å². The molecule has 32 heavy (non-hydrogen) atoms. The van der Waals surface area contributed by atoms with Gasteiger partial charge in [0.1, 0.15) is 13.2 Å². The second-order valence-corrected chi connectivity index (χ2v) is 7.29. The Morgan fingerprint density at radius 2 is 1.91 bits per heavy atom. The molecule has 10 heteroatoms. The highest BCUT2D eigenvalue weighted by Crippen LogP contribution is 2.37. The zero-order valence-electron chi connectivity index (χ0n) is 17.3. The first-order valence-electron chi connectivity index (χ1n) is 9.74. The number of amides is 1. The standard InChI is InChI=1S/C22H19F3N4O3/c1-13-26-20(32-27-13)19-11-16(28-31-2)12-29(19)21(30)15-9-7-14(8-10-15)17-5-3-4-6-18(17)22(23,24)25/h3-10,19H,11-12H2,1-2H3/b28-16+/t19-/m0/s1. The Labute approximate surface area is 181 Å². The van der Waals surface area contributed by atoms with Crippen LogP contribution in [0.15, 0.2) is 58.2 Å². The van der Waals surface area contributed by atoms with Crippen LogP contribution >= 0.6 is 0 Å². The maximum absolute atomic E-state index is 13.3. The third-order valence-corrected chi connectivity index (χ3v) is 5.14. The van der Waals surface area contributed by atoms with Crippen LogP contribution in [0.3, 0.4) is 0 Å². The Kier molecular flexibility index (Phi) is 5.68. The summed E-state index contributed by atoms with van der Waals surface area (Å²) in [6.07, 6.45) is -4.11. The molecular weight excluding hydrogens is 425 g/mol. The molecule has 0 N–H and O–H groups in total. The van der Waals surface area contributed by atoms with E-state index < -0.39 is 17.8 Å². The Morgan fingerprint density at radius 1 is 1.19 bits per heavy atom. The summed E-state index contributed by atoms with van der Waals surface area (Å²) < 4.78 is 45.3. The van der Waals surface area contributed by atoms with E-state index in [0.717, 1.165) is 6.07 Å². The van der Waals surface area contributed by atoms with Gasteiger partial charge in [0.15, 0.2) is 5.82 Å². The second-order valence-electron chi connectivity index (χ2n) is 7.29. The number of nitrogens with zero attached hydrogens (tertiary/aromatic N) is 4. The number of halogens is 3. The molecule has 1 fully saturated rings. The van der Waals surface area contributed by atoms with Crippen LogP contribution in [0.25, 0.3) is 11.1 Å². The van der Waals surface area contributed by atoms with Gasteiger partial charge >= 0.3 is 6.18 Å². The lowest BCUT2D eigenvalue weighted by molar-refractivity contribution is -0.137. The first-order valence-corrected chi connectivity index (χ1v) is 9.74. The number of benzene rings is 2. The van der Waals surface area contributed by atoms with E-state index in [1.165, 1.54) is 48.4 Å². The van der Waals surface area contributed by atoms with E-state index in [1.54, 1.807) is 13.0 Å². The van der Waals surface area contributed by atoms with E-state index in [0.29, 0.717) is 29.1 Å². The van der Waals surface area contributed by atoms with E-state index >= 15 is 0 Å². The fourth-order valence-corrected chi connectivity index (χ4v) is 3.72. The largest absolute Gasteiger partial charge is 0.417 e. The molecule has 2 aromatic carbocycles. The lowest BCUT2D eigenvalue weighted by Gasteiger charge is -2.21. The lowest BCUT2D eigenvalue weighted by atomic mass is 9.98. The predicted octanol–water partition coefficient (Wildman–Crippen LogP) is 4.65. The molecule has 0 saturated carbocycles. The molecule has 1 amide bonds. The van der Waals surface area contributed by atoms with Gasteiger partial charge in [-0.25, -0.2) is 0 Å². The van der Waals surface area contributed by atoms with Gasteiger partial charge in [-0.3, -0.25) is 4.79 Å². The molecule has 1 saturated heterocycles. The topological polar surface area (TPSA) is 80.8 Å². The molecule has 4 rings (SSSR count). The summed E-state index contributed by atoms with van der Waals surface area (Å²) in [4.78, 5) is 23.8. The molecule has 3 aromatic rings. The first-order chi connectivity index (χ1) is 15.3. The van der Waals surface area contributed by atoms with Gasteiger partial charge in [0.05, 0.1) is 17.8 Å². The molecule has 0 radical (unpaired) electrons. The van der Waals surface area contributed by atoms with Crippen LogP contribution in [0.1, 0.15) is 40.1 Å². The molecule has 0 bridgehead atoms. The Balaban J connectivity index is 1.63. The highest BCUT2D eigenvalue weighted by molar-refractivity contribution is 6.00.